The number of esters is 1. The van der Waals surface area contributed by atoms with E-state index >= 15 is 0 Å². The van der Waals surface area contributed by atoms with Crippen molar-refractivity contribution in [2.75, 3.05) is 0 Å². The van der Waals surface area contributed by atoms with Gasteiger partial charge < -0.3 is 9.84 Å². The van der Waals surface area contributed by atoms with Crippen molar-refractivity contribution in [1.82, 2.24) is 0 Å². The SMILES string of the molecule is CC1CCC(C(C)C)C(OC(=O)C2CC2C(=O)O)C1. The summed E-state index contributed by atoms with van der Waals surface area (Å²) in [5, 5.41) is 8.85. The molecule has 0 aromatic carbocycles. The second-order valence-corrected chi connectivity index (χ2v) is 6.59. The first-order valence-electron chi connectivity index (χ1n) is 7.33. The molecule has 0 aliphatic heterocycles. The van der Waals surface area contributed by atoms with E-state index in [9.17, 15) is 9.59 Å². The minimum atomic E-state index is -0.876. The lowest BCUT2D eigenvalue weighted by molar-refractivity contribution is -0.159. The number of rotatable bonds is 4. The van der Waals surface area contributed by atoms with Crippen LogP contribution in [-0.4, -0.2) is 23.1 Å². The van der Waals surface area contributed by atoms with Crippen LogP contribution in [0.1, 0.15) is 46.5 Å². The molecule has 0 bridgehead atoms. The second-order valence-electron chi connectivity index (χ2n) is 6.59. The van der Waals surface area contributed by atoms with Gasteiger partial charge in [0.1, 0.15) is 6.10 Å². The number of hydrogen-bond acceptors (Lipinski definition) is 3. The zero-order valence-corrected chi connectivity index (χ0v) is 12.0. The first kappa shape index (κ1) is 14.4. The summed E-state index contributed by atoms with van der Waals surface area (Å²) in [4.78, 5) is 22.8. The molecule has 4 nitrogen and oxygen atoms in total. The molecule has 0 amide bonds. The summed E-state index contributed by atoms with van der Waals surface area (Å²) in [6.07, 6.45) is 3.63. The number of carbonyl (C=O) groups is 2. The minimum Gasteiger partial charge on any atom is -0.481 e. The van der Waals surface area contributed by atoms with E-state index in [1.807, 2.05) is 0 Å². The largest absolute Gasteiger partial charge is 0.481 e. The van der Waals surface area contributed by atoms with Crippen LogP contribution in [0.2, 0.25) is 0 Å². The molecule has 0 aromatic rings. The molecule has 2 aliphatic rings. The quantitative estimate of drug-likeness (QED) is 0.796. The summed E-state index contributed by atoms with van der Waals surface area (Å²) in [6.45, 7) is 6.52. The molecular formula is C15H24O4. The van der Waals surface area contributed by atoms with Gasteiger partial charge in [-0.25, -0.2) is 0 Å². The summed E-state index contributed by atoms with van der Waals surface area (Å²) in [5.74, 6) is -0.575. The average molecular weight is 268 g/mol. The zero-order chi connectivity index (χ0) is 14.2. The van der Waals surface area contributed by atoms with Crippen molar-refractivity contribution < 1.29 is 19.4 Å². The smallest absolute Gasteiger partial charge is 0.310 e. The van der Waals surface area contributed by atoms with E-state index in [0.717, 1.165) is 12.8 Å². The Morgan fingerprint density at radius 2 is 1.84 bits per heavy atom. The molecule has 2 rings (SSSR count). The number of carbonyl (C=O) groups excluding carboxylic acids is 1. The van der Waals surface area contributed by atoms with Crippen molar-refractivity contribution in [2.45, 2.75) is 52.6 Å². The normalized spacial score (nSPS) is 38.0. The third-order valence-electron chi connectivity index (χ3n) is 4.64. The van der Waals surface area contributed by atoms with Crippen molar-refractivity contribution in [3.05, 3.63) is 0 Å². The van der Waals surface area contributed by atoms with Crippen LogP contribution in [-0.2, 0) is 14.3 Å². The Morgan fingerprint density at radius 1 is 1.16 bits per heavy atom. The van der Waals surface area contributed by atoms with E-state index in [4.69, 9.17) is 9.84 Å². The molecule has 0 aromatic heterocycles. The zero-order valence-electron chi connectivity index (χ0n) is 12.0. The van der Waals surface area contributed by atoms with Gasteiger partial charge in [-0.2, -0.15) is 0 Å². The molecule has 0 spiro atoms. The van der Waals surface area contributed by atoms with Crippen LogP contribution in [0.4, 0.5) is 0 Å². The number of ether oxygens (including phenoxy) is 1. The summed E-state index contributed by atoms with van der Waals surface area (Å²) in [5.41, 5.74) is 0. The molecule has 0 saturated heterocycles. The molecule has 4 heteroatoms. The first-order chi connectivity index (χ1) is 8.90. The lowest BCUT2D eigenvalue weighted by Gasteiger charge is -2.36. The standard InChI is InChI=1S/C15H24O4/c1-8(2)10-5-4-9(3)6-13(10)19-15(18)12-7-11(12)14(16)17/h8-13H,4-7H2,1-3H3,(H,16,17). The van der Waals surface area contributed by atoms with Crippen LogP contribution in [0.5, 0.6) is 0 Å². The molecule has 19 heavy (non-hydrogen) atoms. The van der Waals surface area contributed by atoms with Crippen LogP contribution in [0.3, 0.4) is 0 Å². The van der Waals surface area contributed by atoms with Gasteiger partial charge >= 0.3 is 11.9 Å². The highest BCUT2D eigenvalue weighted by molar-refractivity contribution is 5.86. The fourth-order valence-corrected chi connectivity index (χ4v) is 3.22. The maximum absolute atomic E-state index is 12.0. The van der Waals surface area contributed by atoms with Crippen molar-refractivity contribution in [3.8, 4) is 0 Å². The Balaban J connectivity index is 1.92. The molecule has 5 unspecified atom stereocenters. The van der Waals surface area contributed by atoms with Gasteiger partial charge in [0, 0.05) is 0 Å². The molecular weight excluding hydrogens is 244 g/mol. The Labute approximate surface area is 114 Å². The molecule has 108 valence electrons. The second kappa shape index (κ2) is 5.51. The van der Waals surface area contributed by atoms with Crippen molar-refractivity contribution in [3.63, 3.8) is 0 Å². The van der Waals surface area contributed by atoms with Gasteiger partial charge in [-0.1, -0.05) is 27.2 Å². The van der Waals surface area contributed by atoms with E-state index in [1.54, 1.807) is 0 Å². The van der Waals surface area contributed by atoms with Crippen molar-refractivity contribution in [1.29, 1.82) is 0 Å². The lowest BCUT2D eigenvalue weighted by Crippen LogP contribution is -2.36. The molecule has 1 N–H and O–H groups in total. The molecule has 2 saturated carbocycles. The topological polar surface area (TPSA) is 63.6 Å². The van der Waals surface area contributed by atoms with Crippen LogP contribution < -0.4 is 0 Å². The van der Waals surface area contributed by atoms with Gasteiger partial charge in [0.2, 0.25) is 0 Å². The molecule has 2 fully saturated rings. The van der Waals surface area contributed by atoms with Crippen molar-refractivity contribution in [2.24, 2.45) is 29.6 Å². The number of aliphatic carboxylic acids is 1. The molecule has 2 aliphatic carbocycles. The van der Waals surface area contributed by atoms with Crippen LogP contribution in [0.25, 0.3) is 0 Å². The van der Waals surface area contributed by atoms with Gasteiger partial charge in [-0.05, 0) is 37.0 Å². The molecule has 5 atom stereocenters. The van der Waals surface area contributed by atoms with Gasteiger partial charge in [0.05, 0.1) is 11.8 Å². The third kappa shape index (κ3) is 3.28. The fourth-order valence-electron chi connectivity index (χ4n) is 3.22. The minimum absolute atomic E-state index is 0.0219. The van der Waals surface area contributed by atoms with E-state index in [1.165, 1.54) is 6.42 Å². The Hall–Kier alpha value is -1.06. The monoisotopic (exact) mass is 268 g/mol. The predicted octanol–water partition coefficient (Wildman–Crippen LogP) is 2.71. The lowest BCUT2D eigenvalue weighted by atomic mass is 9.75. The highest BCUT2D eigenvalue weighted by Crippen LogP contribution is 2.42. The van der Waals surface area contributed by atoms with E-state index < -0.39 is 17.8 Å². The van der Waals surface area contributed by atoms with Crippen LogP contribution in [0.15, 0.2) is 0 Å². The maximum atomic E-state index is 12.0. The highest BCUT2D eigenvalue weighted by atomic mass is 16.5. The Morgan fingerprint density at radius 3 is 2.37 bits per heavy atom. The number of hydrogen-bond donors (Lipinski definition) is 1. The van der Waals surface area contributed by atoms with Gasteiger partial charge in [0.15, 0.2) is 0 Å². The van der Waals surface area contributed by atoms with Crippen molar-refractivity contribution >= 4 is 11.9 Å². The highest BCUT2D eigenvalue weighted by Gasteiger charge is 2.50. The van der Waals surface area contributed by atoms with Crippen LogP contribution in [0, 0.1) is 29.6 Å². The van der Waals surface area contributed by atoms with Gasteiger partial charge in [0.25, 0.3) is 0 Å². The van der Waals surface area contributed by atoms with E-state index in [2.05, 4.69) is 20.8 Å². The first-order valence-corrected chi connectivity index (χ1v) is 7.33. The van der Waals surface area contributed by atoms with Crippen LogP contribution >= 0.6 is 0 Å². The molecule has 0 radical (unpaired) electrons. The maximum Gasteiger partial charge on any atom is 0.310 e. The third-order valence-corrected chi connectivity index (χ3v) is 4.64. The number of carboxylic acids is 1. The Kier molecular flexibility index (Phi) is 4.16. The summed E-state index contributed by atoms with van der Waals surface area (Å²) in [6, 6.07) is 0. The molecule has 0 heterocycles. The van der Waals surface area contributed by atoms with Gasteiger partial charge in [-0.15, -0.1) is 0 Å². The van der Waals surface area contributed by atoms with E-state index in [-0.39, 0.29) is 12.1 Å². The van der Waals surface area contributed by atoms with E-state index in [0.29, 0.717) is 24.2 Å². The Bertz CT molecular complexity index is 363. The van der Waals surface area contributed by atoms with Gasteiger partial charge in [-0.3, -0.25) is 9.59 Å². The predicted molar refractivity (Wildman–Crippen MR) is 70.5 cm³/mol. The average Bonchev–Trinajstić information content (AvgIpc) is 3.08. The number of carboxylic acid groups (broad SMARTS) is 1. The summed E-state index contributed by atoms with van der Waals surface area (Å²) in [7, 11) is 0. The summed E-state index contributed by atoms with van der Waals surface area (Å²) >= 11 is 0. The fraction of sp³-hybridized carbons (Fsp3) is 0.867. The summed E-state index contributed by atoms with van der Waals surface area (Å²) < 4.78 is 5.64.